The van der Waals surface area contributed by atoms with Gasteiger partial charge in [0, 0.05) is 0 Å². The molecule has 0 radical (unpaired) electrons. The van der Waals surface area contributed by atoms with Gasteiger partial charge in [0.05, 0.1) is 0 Å². The normalized spacial score (nSPS) is 27.8. The van der Waals surface area contributed by atoms with Crippen molar-refractivity contribution in [3.05, 3.63) is 30.3 Å². The SMILES string of the molecule is CC(C)(C)OC(=O)N1[C@H]2CC[C@@H]1[C@H]([Se]c1ccccc1)CC2. The van der Waals surface area contributed by atoms with Crippen molar-refractivity contribution in [3.8, 4) is 0 Å². The van der Waals surface area contributed by atoms with E-state index < -0.39 is 5.60 Å². The van der Waals surface area contributed by atoms with Gasteiger partial charge in [-0.2, -0.15) is 0 Å². The van der Waals surface area contributed by atoms with Crippen LogP contribution in [0.2, 0.25) is 4.82 Å². The molecule has 3 rings (SSSR count). The summed E-state index contributed by atoms with van der Waals surface area (Å²) in [5.41, 5.74) is -0.409. The van der Waals surface area contributed by atoms with Gasteiger partial charge in [-0.1, -0.05) is 0 Å². The molecule has 0 aromatic heterocycles. The van der Waals surface area contributed by atoms with Gasteiger partial charge in [0.2, 0.25) is 0 Å². The number of benzene rings is 1. The topological polar surface area (TPSA) is 29.5 Å². The van der Waals surface area contributed by atoms with Gasteiger partial charge < -0.3 is 0 Å². The summed E-state index contributed by atoms with van der Waals surface area (Å²) in [4.78, 5) is 15.3. The summed E-state index contributed by atoms with van der Waals surface area (Å²) in [5.74, 6) is 0. The third-order valence-electron chi connectivity index (χ3n) is 4.39. The van der Waals surface area contributed by atoms with Gasteiger partial charge in [-0.25, -0.2) is 0 Å². The Hall–Kier alpha value is -0.991. The van der Waals surface area contributed by atoms with Crippen LogP contribution in [0.3, 0.4) is 0 Å². The van der Waals surface area contributed by atoms with Crippen LogP contribution in [0.4, 0.5) is 4.79 Å². The third-order valence-corrected chi connectivity index (χ3v) is 7.33. The number of piperidine rings is 1. The fraction of sp³-hybridized carbons (Fsp3) is 0.611. The average molecular weight is 366 g/mol. The molecule has 1 aromatic rings. The van der Waals surface area contributed by atoms with Crippen molar-refractivity contribution in [3.63, 3.8) is 0 Å². The Balaban J connectivity index is 1.72. The van der Waals surface area contributed by atoms with E-state index in [0.29, 0.717) is 31.9 Å². The molecule has 2 bridgehead atoms. The first-order valence-electron chi connectivity index (χ1n) is 8.17. The van der Waals surface area contributed by atoms with Gasteiger partial charge in [0.1, 0.15) is 0 Å². The van der Waals surface area contributed by atoms with E-state index in [1.165, 1.54) is 10.9 Å². The minimum absolute atomic E-state index is 0.103. The number of amides is 1. The van der Waals surface area contributed by atoms with Gasteiger partial charge in [-0.3, -0.25) is 0 Å². The molecule has 120 valence electrons. The van der Waals surface area contributed by atoms with Crippen LogP contribution in [0.1, 0.15) is 46.5 Å². The first-order valence-corrected chi connectivity index (χ1v) is 10.0. The second-order valence-corrected chi connectivity index (χ2v) is 9.99. The van der Waals surface area contributed by atoms with Crippen LogP contribution >= 0.6 is 0 Å². The van der Waals surface area contributed by atoms with Crippen molar-refractivity contribution in [1.29, 1.82) is 0 Å². The van der Waals surface area contributed by atoms with Crippen molar-refractivity contribution in [2.45, 2.75) is 69.0 Å². The van der Waals surface area contributed by atoms with E-state index in [1.807, 2.05) is 20.8 Å². The van der Waals surface area contributed by atoms with Gasteiger partial charge in [0.15, 0.2) is 0 Å². The summed E-state index contributed by atoms with van der Waals surface area (Å²) < 4.78 is 7.09. The van der Waals surface area contributed by atoms with E-state index in [0.717, 1.165) is 19.3 Å². The van der Waals surface area contributed by atoms with Crippen LogP contribution in [0, 0.1) is 0 Å². The molecule has 1 amide bonds. The van der Waals surface area contributed by atoms with Crippen molar-refractivity contribution >= 4 is 25.5 Å². The Kier molecular flexibility index (Phi) is 4.51. The summed E-state index contributed by atoms with van der Waals surface area (Å²) >= 11 is 0.432. The molecule has 22 heavy (non-hydrogen) atoms. The zero-order chi connectivity index (χ0) is 15.7. The van der Waals surface area contributed by atoms with E-state index in [4.69, 9.17) is 4.74 Å². The summed E-state index contributed by atoms with van der Waals surface area (Å²) in [6.07, 6.45) is 4.57. The Bertz CT molecular complexity index is 526. The molecule has 2 saturated heterocycles. The van der Waals surface area contributed by atoms with Crippen LogP contribution in [0.15, 0.2) is 30.3 Å². The van der Waals surface area contributed by atoms with Crippen molar-refractivity contribution in [2.75, 3.05) is 0 Å². The predicted molar refractivity (Wildman–Crippen MR) is 89.7 cm³/mol. The van der Waals surface area contributed by atoms with E-state index in [1.54, 1.807) is 0 Å². The second kappa shape index (κ2) is 6.25. The van der Waals surface area contributed by atoms with Crippen molar-refractivity contribution in [1.82, 2.24) is 4.90 Å². The number of rotatable bonds is 2. The molecule has 2 heterocycles. The van der Waals surface area contributed by atoms with E-state index in [2.05, 4.69) is 35.2 Å². The standard InChI is InChI=1S/C18H25NO2Se/c1-18(2,3)21-17(20)19-13-9-11-15(19)16(12-10-13)22-14-7-5-4-6-8-14/h4-8,13,15-16H,9-12H2,1-3H3/t13-,15+,16+/m0/s1. The Morgan fingerprint density at radius 1 is 1.14 bits per heavy atom. The molecule has 0 unspecified atom stereocenters. The zero-order valence-corrected chi connectivity index (χ0v) is 15.3. The first kappa shape index (κ1) is 15.9. The molecule has 3 atom stereocenters. The van der Waals surface area contributed by atoms with Gasteiger partial charge in [-0.05, 0) is 0 Å². The molecule has 1 aromatic carbocycles. The predicted octanol–water partition coefficient (Wildman–Crippen LogP) is 3.37. The minimum atomic E-state index is -0.409. The molecule has 0 spiro atoms. The molecule has 4 heteroatoms. The third kappa shape index (κ3) is 3.49. The quantitative estimate of drug-likeness (QED) is 0.751. The summed E-state index contributed by atoms with van der Waals surface area (Å²) in [6.45, 7) is 5.84. The van der Waals surface area contributed by atoms with Gasteiger partial charge in [0.25, 0.3) is 0 Å². The number of carbonyl (C=O) groups excluding carboxylic acids is 1. The van der Waals surface area contributed by atoms with E-state index in [-0.39, 0.29) is 6.09 Å². The number of ether oxygens (including phenoxy) is 1. The van der Waals surface area contributed by atoms with Crippen LogP contribution in [0.25, 0.3) is 0 Å². The average Bonchev–Trinajstić information content (AvgIpc) is 2.77. The van der Waals surface area contributed by atoms with E-state index >= 15 is 0 Å². The van der Waals surface area contributed by atoms with Crippen LogP contribution < -0.4 is 4.46 Å². The Morgan fingerprint density at radius 3 is 2.50 bits per heavy atom. The first-order chi connectivity index (χ1) is 10.4. The molecule has 0 N–H and O–H groups in total. The maximum absolute atomic E-state index is 12.6. The number of hydrogen-bond acceptors (Lipinski definition) is 2. The Morgan fingerprint density at radius 2 is 1.82 bits per heavy atom. The van der Waals surface area contributed by atoms with Crippen LogP contribution in [-0.4, -0.2) is 43.6 Å². The summed E-state index contributed by atoms with van der Waals surface area (Å²) in [6, 6.07) is 11.5. The fourth-order valence-corrected chi connectivity index (χ4v) is 6.34. The summed E-state index contributed by atoms with van der Waals surface area (Å²) in [7, 11) is 0. The monoisotopic (exact) mass is 367 g/mol. The summed E-state index contributed by atoms with van der Waals surface area (Å²) in [5, 5.41) is 0. The van der Waals surface area contributed by atoms with Crippen molar-refractivity contribution in [2.24, 2.45) is 0 Å². The fourth-order valence-electron chi connectivity index (χ4n) is 3.52. The number of hydrogen-bond donors (Lipinski definition) is 0. The zero-order valence-electron chi connectivity index (χ0n) is 13.6. The second-order valence-electron chi connectivity index (χ2n) is 7.23. The molecule has 0 saturated carbocycles. The molecular weight excluding hydrogens is 341 g/mol. The van der Waals surface area contributed by atoms with Crippen LogP contribution in [-0.2, 0) is 4.74 Å². The molecule has 2 aliphatic rings. The molecule has 2 aliphatic heterocycles. The molecule has 0 aliphatic carbocycles. The number of fused-ring (bicyclic) bond motifs is 2. The van der Waals surface area contributed by atoms with Gasteiger partial charge >= 0.3 is 139 Å². The molecule has 3 nitrogen and oxygen atoms in total. The van der Waals surface area contributed by atoms with Crippen molar-refractivity contribution < 1.29 is 9.53 Å². The number of nitrogens with zero attached hydrogens (tertiary/aromatic N) is 1. The Labute approximate surface area is 139 Å². The number of carbonyl (C=O) groups is 1. The maximum atomic E-state index is 12.6. The molecule has 2 fully saturated rings. The molecular formula is C18H25NO2Se. The van der Waals surface area contributed by atoms with Gasteiger partial charge in [-0.15, -0.1) is 0 Å². The van der Waals surface area contributed by atoms with Crippen LogP contribution in [0.5, 0.6) is 0 Å². The van der Waals surface area contributed by atoms with E-state index in [9.17, 15) is 4.79 Å².